The number of benzene rings is 1. The van der Waals surface area contributed by atoms with E-state index in [2.05, 4.69) is 10.1 Å². The van der Waals surface area contributed by atoms with Gasteiger partial charge in [-0.05, 0) is 24.3 Å². The van der Waals surface area contributed by atoms with E-state index in [-0.39, 0.29) is 11.7 Å². The number of anilines is 1. The van der Waals surface area contributed by atoms with Gasteiger partial charge in [-0.25, -0.2) is 4.52 Å². The highest BCUT2D eigenvalue weighted by Crippen LogP contribution is 2.28. The van der Waals surface area contributed by atoms with E-state index in [0.717, 1.165) is 5.69 Å². The van der Waals surface area contributed by atoms with Crippen molar-refractivity contribution in [1.29, 1.82) is 0 Å². The van der Waals surface area contributed by atoms with Crippen LogP contribution in [-0.4, -0.2) is 19.7 Å². The van der Waals surface area contributed by atoms with Crippen molar-refractivity contribution in [3.05, 3.63) is 42.5 Å². The van der Waals surface area contributed by atoms with Crippen LogP contribution < -0.4 is 5.73 Å². The molecule has 0 unspecified atom stereocenters. The summed E-state index contributed by atoms with van der Waals surface area (Å²) >= 11 is 0. The second-order valence-electron chi connectivity index (χ2n) is 3.67. The van der Waals surface area contributed by atoms with Gasteiger partial charge in [-0.2, -0.15) is 4.98 Å². The second kappa shape index (κ2) is 3.48. The lowest BCUT2D eigenvalue weighted by Gasteiger charge is -2.05. The van der Waals surface area contributed by atoms with E-state index >= 15 is 0 Å². The third kappa shape index (κ3) is 1.48. The summed E-state index contributed by atoms with van der Waals surface area (Å²) in [5, 5.41) is 13.9. The first kappa shape index (κ1) is 9.65. The summed E-state index contributed by atoms with van der Waals surface area (Å²) in [6, 6.07) is 12.6. The Morgan fingerprint density at radius 3 is 2.71 bits per heavy atom. The molecule has 2 aromatic heterocycles. The van der Waals surface area contributed by atoms with Crippen LogP contribution in [0.3, 0.4) is 0 Å². The summed E-state index contributed by atoms with van der Waals surface area (Å²) in [5.41, 5.74) is 7.68. The maximum absolute atomic E-state index is 9.84. The topological polar surface area (TPSA) is 76.4 Å². The number of phenols is 1. The minimum atomic E-state index is 0.203. The molecule has 0 atom stereocenters. The number of nitrogens with zero attached hydrogens (tertiary/aromatic N) is 3. The van der Waals surface area contributed by atoms with Crippen LogP contribution in [0.15, 0.2) is 42.5 Å². The summed E-state index contributed by atoms with van der Waals surface area (Å²) < 4.78 is 1.62. The number of nitrogens with two attached hydrogens (primary N) is 1. The Morgan fingerprint density at radius 1 is 1.06 bits per heavy atom. The maximum Gasteiger partial charge on any atom is 0.240 e. The molecule has 0 saturated heterocycles. The molecule has 0 aliphatic rings. The molecule has 17 heavy (non-hydrogen) atoms. The Balaban J connectivity index is 2.34. The van der Waals surface area contributed by atoms with Crippen LogP contribution in [0.5, 0.6) is 5.75 Å². The van der Waals surface area contributed by atoms with Gasteiger partial charge in [-0.15, -0.1) is 5.10 Å². The minimum absolute atomic E-state index is 0.203. The number of nitrogen functional groups attached to an aromatic ring is 1. The average Bonchev–Trinajstić information content (AvgIpc) is 2.70. The van der Waals surface area contributed by atoms with Gasteiger partial charge < -0.3 is 10.8 Å². The highest BCUT2D eigenvalue weighted by molar-refractivity contribution is 5.69. The molecule has 0 fully saturated rings. The quantitative estimate of drug-likeness (QED) is 0.662. The minimum Gasteiger partial charge on any atom is -0.507 e. The van der Waals surface area contributed by atoms with E-state index < -0.39 is 0 Å². The zero-order chi connectivity index (χ0) is 11.8. The van der Waals surface area contributed by atoms with Crippen molar-refractivity contribution in [3.63, 3.8) is 0 Å². The van der Waals surface area contributed by atoms with Crippen LogP contribution in [-0.2, 0) is 0 Å². The van der Waals surface area contributed by atoms with Crippen molar-refractivity contribution in [2.75, 3.05) is 5.73 Å². The highest BCUT2D eigenvalue weighted by Gasteiger charge is 2.09. The standard InChI is InChI=1S/C12H10N4O/c13-12-14-11-7-3-5-9(16(11)15-12)8-4-1-2-6-10(8)17/h1-7,17H,(H2,13,15). The largest absolute Gasteiger partial charge is 0.507 e. The van der Waals surface area contributed by atoms with E-state index in [1.54, 1.807) is 16.6 Å². The van der Waals surface area contributed by atoms with Crippen LogP contribution in [0.2, 0.25) is 0 Å². The summed E-state index contributed by atoms with van der Waals surface area (Å²) in [4.78, 5) is 4.08. The van der Waals surface area contributed by atoms with Gasteiger partial charge in [0.1, 0.15) is 5.75 Å². The van der Waals surface area contributed by atoms with E-state index in [4.69, 9.17) is 5.73 Å². The predicted octanol–water partition coefficient (Wildman–Crippen LogP) is 1.68. The maximum atomic E-state index is 9.84. The Hall–Kier alpha value is -2.56. The smallest absolute Gasteiger partial charge is 0.240 e. The molecule has 1 aromatic carbocycles. The fourth-order valence-corrected chi connectivity index (χ4v) is 1.82. The summed E-state index contributed by atoms with van der Waals surface area (Å²) in [5.74, 6) is 0.418. The molecule has 5 heteroatoms. The van der Waals surface area contributed by atoms with Crippen molar-refractivity contribution in [1.82, 2.24) is 14.6 Å². The first-order chi connectivity index (χ1) is 8.25. The molecule has 5 nitrogen and oxygen atoms in total. The number of rotatable bonds is 1. The number of aromatic nitrogens is 3. The molecule has 0 radical (unpaired) electrons. The molecule has 0 aliphatic carbocycles. The van der Waals surface area contributed by atoms with E-state index in [1.165, 1.54) is 0 Å². The molecular weight excluding hydrogens is 216 g/mol. The summed E-state index contributed by atoms with van der Waals surface area (Å²) in [6.45, 7) is 0. The Bertz CT molecular complexity index is 690. The van der Waals surface area contributed by atoms with E-state index in [9.17, 15) is 5.11 Å². The molecule has 0 bridgehead atoms. The number of hydrogen-bond donors (Lipinski definition) is 2. The van der Waals surface area contributed by atoms with Crippen molar-refractivity contribution in [3.8, 4) is 17.0 Å². The number of aromatic hydroxyl groups is 1. The van der Waals surface area contributed by atoms with Crippen LogP contribution in [0.1, 0.15) is 0 Å². The Labute approximate surface area is 97.1 Å². The van der Waals surface area contributed by atoms with E-state index in [0.29, 0.717) is 11.2 Å². The number of pyridine rings is 1. The molecule has 3 aromatic rings. The van der Waals surface area contributed by atoms with Gasteiger partial charge in [0.2, 0.25) is 5.95 Å². The number of phenolic OH excluding ortho intramolecular Hbond substituents is 1. The summed E-state index contributed by atoms with van der Waals surface area (Å²) in [7, 11) is 0. The molecule has 3 rings (SSSR count). The Morgan fingerprint density at radius 2 is 1.88 bits per heavy atom. The van der Waals surface area contributed by atoms with E-state index in [1.807, 2.05) is 30.3 Å². The third-order valence-electron chi connectivity index (χ3n) is 2.56. The Kier molecular flexibility index (Phi) is 1.98. The van der Waals surface area contributed by atoms with Crippen molar-refractivity contribution >= 4 is 11.6 Å². The highest BCUT2D eigenvalue weighted by atomic mass is 16.3. The molecule has 3 N–H and O–H groups in total. The van der Waals surface area contributed by atoms with Gasteiger partial charge in [-0.1, -0.05) is 18.2 Å². The molecule has 0 aliphatic heterocycles. The number of fused-ring (bicyclic) bond motifs is 1. The van der Waals surface area contributed by atoms with Gasteiger partial charge in [0.15, 0.2) is 5.65 Å². The first-order valence-electron chi connectivity index (χ1n) is 5.15. The van der Waals surface area contributed by atoms with Crippen molar-refractivity contribution in [2.45, 2.75) is 0 Å². The van der Waals surface area contributed by atoms with Crippen LogP contribution in [0, 0.1) is 0 Å². The van der Waals surface area contributed by atoms with Crippen LogP contribution in [0.4, 0.5) is 5.95 Å². The van der Waals surface area contributed by atoms with Crippen LogP contribution >= 0.6 is 0 Å². The second-order valence-corrected chi connectivity index (χ2v) is 3.67. The fourth-order valence-electron chi connectivity index (χ4n) is 1.82. The van der Waals surface area contributed by atoms with Gasteiger partial charge >= 0.3 is 0 Å². The number of para-hydroxylation sites is 1. The first-order valence-corrected chi connectivity index (χ1v) is 5.15. The van der Waals surface area contributed by atoms with Gasteiger partial charge in [0, 0.05) is 5.56 Å². The average molecular weight is 226 g/mol. The van der Waals surface area contributed by atoms with Crippen LogP contribution in [0.25, 0.3) is 16.9 Å². The van der Waals surface area contributed by atoms with Gasteiger partial charge in [-0.3, -0.25) is 0 Å². The lowest BCUT2D eigenvalue weighted by atomic mass is 10.1. The lowest BCUT2D eigenvalue weighted by Crippen LogP contribution is -1.94. The predicted molar refractivity (Wildman–Crippen MR) is 64.5 cm³/mol. The molecule has 2 heterocycles. The molecule has 84 valence electrons. The van der Waals surface area contributed by atoms with Crippen molar-refractivity contribution in [2.24, 2.45) is 0 Å². The normalized spacial score (nSPS) is 10.8. The lowest BCUT2D eigenvalue weighted by molar-refractivity contribution is 0.477. The van der Waals surface area contributed by atoms with Gasteiger partial charge in [0.05, 0.1) is 5.69 Å². The summed E-state index contributed by atoms with van der Waals surface area (Å²) in [6.07, 6.45) is 0. The molecular formula is C12H10N4O. The molecule has 0 amide bonds. The zero-order valence-electron chi connectivity index (χ0n) is 8.91. The molecule has 0 saturated carbocycles. The number of hydrogen-bond acceptors (Lipinski definition) is 4. The zero-order valence-corrected chi connectivity index (χ0v) is 8.91. The monoisotopic (exact) mass is 226 g/mol. The third-order valence-corrected chi connectivity index (χ3v) is 2.56. The fraction of sp³-hybridized carbons (Fsp3) is 0. The van der Waals surface area contributed by atoms with Crippen molar-refractivity contribution < 1.29 is 5.11 Å². The SMILES string of the molecule is Nc1nc2cccc(-c3ccccc3O)n2n1. The molecule has 0 spiro atoms. The van der Waals surface area contributed by atoms with Gasteiger partial charge in [0.25, 0.3) is 0 Å².